The lowest BCUT2D eigenvalue weighted by molar-refractivity contribution is 0.0924. The van der Waals surface area contributed by atoms with Gasteiger partial charge in [0.25, 0.3) is 5.91 Å². The van der Waals surface area contributed by atoms with Crippen molar-refractivity contribution >= 4 is 29.9 Å². The van der Waals surface area contributed by atoms with Gasteiger partial charge in [-0.05, 0) is 42.8 Å². The van der Waals surface area contributed by atoms with Gasteiger partial charge in [0, 0.05) is 36.7 Å². The van der Waals surface area contributed by atoms with Crippen LogP contribution in [-0.2, 0) is 7.05 Å². The van der Waals surface area contributed by atoms with Crippen LogP contribution >= 0.6 is 24.0 Å². The van der Waals surface area contributed by atoms with Crippen molar-refractivity contribution in [1.82, 2.24) is 20.4 Å². The van der Waals surface area contributed by atoms with E-state index >= 15 is 0 Å². The molecule has 0 unspecified atom stereocenters. The van der Waals surface area contributed by atoms with Gasteiger partial charge in [0.2, 0.25) is 0 Å². The third kappa shape index (κ3) is 4.67. The van der Waals surface area contributed by atoms with Crippen molar-refractivity contribution in [2.24, 2.45) is 7.05 Å². The minimum atomic E-state index is -0.254. The predicted octanol–water partition coefficient (Wildman–Crippen LogP) is 4.18. The molecular formula is C22H23Cl2FN4O. The molecule has 2 heterocycles. The standard InChI is InChI=1S/C22H22ClFN4O.ClH/c1-28-21(19(23)12-26-28)14-5-7-15(8-6-14)22(29)27-20-13-25-10-9-18(20)16-3-2-4-17(24)11-16;/h2-8,11-12,18,20,25H,9-10,13H2,1H3,(H,27,29);1H/t18-,20+;/m0./s1. The highest BCUT2D eigenvalue weighted by molar-refractivity contribution is 6.33. The Morgan fingerprint density at radius 1 is 1.27 bits per heavy atom. The molecule has 0 spiro atoms. The van der Waals surface area contributed by atoms with Crippen LogP contribution in [-0.4, -0.2) is 34.8 Å². The predicted molar refractivity (Wildman–Crippen MR) is 119 cm³/mol. The van der Waals surface area contributed by atoms with E-state index in [1.54, 1.807) is 35.1 Å². The second-order valence-electron chi connectivity index (χ2n) is 7.28. The fourth-order valence-corrected chi connectivity index (χ4v) is 4.19. The molecule has 2 atom stereocenters. The molecule has 0 aliphatic carbocycles. The molecule has 8 heteroatoms. The maximum absolute atomic E-state index is 13.7. The Morgan fingerprint density at radius 2 is 2.03 bits per heavy atom. The van der Waals surface area contributed by atoms with Crippen molar-refractivity contribution in [3.63, 3.8) is 0 Å². The fraction of sp³-hybridized carbons (Fsp3) is 0.273. The van der Waals surface area contributed by atoms with E-state index in [1.165, 1.54) is 6.07 Å². The largest absolute Gasteiger partial charge is 0.347 e. The van der Waals surface area contributed by atoms with Crippen LogP contribution in [0.15, 0.2) is 54.7 Å². The number of hydrogen-bond donors (Lipinski definition) is 2. The molecule has 1 fully saturated rings. The van der Waals surface area contributed by atoms with E-state index in [4.69, 9.17) is 11.6 Å². The summed E-state index contributed by atoms with van der Waals surface area (Å²) in [6.07, 6.45) is 2.44. The van der Waals surface area contributed by atoms with Gasteiger partial charge >= 0.3 is 0 Å². The van der Waals surface area contributed by atoms with Crippen molar-refractivity contribution in [2.75, 3.05) is 13.1 Å². The van der Waals surface area contributed by atoms with Crippen molar-refractivity contribution in [3.8, 4) is 11.3 Å². The number of aryl methyl sites for hydroxylation is 1. The lowest BCUT2D eigenvalue weighted by atomic mass is 9.86. The maximum Gasteiger partial charge on any atom is 0.251 e. The second kappa shape index (κ2) is 9.60. The van der Waals surface area contributed by atoms with E-state index in [-0.39, 0.29) is 36.1 Å². The Morgan fingerprint density at radius 3 is 2.70 bits per heavy atom. The lowest BCUT2D eigenvalue weighted by Gasteiger charge is -2.33. The Bertz CT molecular complexity index is 1000. The summed E-state index contributed by atoms with van der Waals surface area (Å²) in [6.45, 7) is 1.49. The Balaban J connectivity index is 0.00000256. The number of benzene rings is 2. The molecule has 1 saturated heterocycles. The summed E-state index contributed by atoms with van der Waals surface area (Å²) in [5.41, 5.74) is 3.18. The highest BCUT2D eigenvalue weighted by Crippen LogP contribution is 2.28. The van der Waals surface area contributed by atoms with Gasteiger partial charge in [-0.1, -0.05) is 35.9 Å². The topological polar surface area (TPSA) is 59.0 Å². The number of nitrogens with zero attached hydrogens (tertiary/aromatic N) is 2. The van der Waals surface area contributed by atoms with E-state index in [9.17, 15) is 9.18 Å². The first kappa shape index (κ1) is 22.3. The average Bonchev–Trinajstić information content (AvgIpc) is 3.06. The van der Waals surface area contributed by atoms with E-state index in [2.05, 4.69) is 15.7 Å². The number of carbonyl (C=O) groups excluding carboxylic acids is 1. The third-order valence-corrected chi connectivity index (χ3v) is 5.67. The molecule has 2 N–H and O–H groups in total. The fourth-order valence-electron chi connectivity index (χ4n) is 3.91. The number of piperidine rings is 1. The monoisotopic (exact) mass is 448 g/mol. The zero-order valence-corrected chi connectivity index (χ0v) is 18.0. The molecule has 4 rings (SSSR count). The van der Waals surface area contributed by atoms with Crippen LogP contribution in [0.3, 0.4) is 0 Å². The van der Waals surface area contributed by atoms with E-state index < -0.39 is 0 Å². The number of carbonyl (C=O) groups is 1. The molecule has 30 heavy (non-hydrogen) atoms. The zero-order valence-electron chi connectivity index (χ0n) is 16.4. The Hall–Kier alpha value is -2.41. The molecule has 2 aromatic carbocycles. The summed E-state index contributed by atoms with van der Waals surface area (Å²) in [4.78, 5) is 12.8. The second-order valence-corrected chi connectivity index (χ2v) is 7.68. The summed E-state index contributed by atoms with van der Waals surface area (Å²) in [7, 11) is 1.82. The third-order valence-electron chi connectivity index (χ3n) is 5.39. The molecular weight excluding hydrogens is 426 g/mol. The highest BCUT2D eigenvalue weighted by Gasteiger charge is 2.28. The minimum Gasteiger partial charge on any atom is -0.347 e. The van der Waals surface area contributed by atoms with Gasteiger partial charge in [-0.3, -0.25) is 9.48 Å². The molecule has 5 nitrogen and oxygen atoms in total. The molecule has 0 radical (unpaired) electrons. The first-order valence-electron chi connectivity index (χ1n) is 9.58. The molecule has 3 aromatic rings. The average molecular weight is 449 g/mol. The van der Waals surface area contributed by atoms with Gasteiger partial charge in [-0.2, -0.15) is 5.10 Å². The van der Waals surface area contributed by atoms with E-state index in [0.717, 1.165) is 29.8 Å². The van der Waals surface area contributed by atoms with Crippen LogP contribution in [0.1, 0.15) is 28.3 Å². The summed E-state index contributed by atoms with van der Waals surface area (Å²) in [5.74, 6) is -0.332. The van der Waals surface area contributed by atoms with Crippen LogP contribution in [0.5, 0.6) is 0 Å². The first-order valence-corrected chi connectivity index (χ1v) is 9.95. The summed E-state index contributed by atoms with van der Waals surface area (Å²) >= 11 is 6.20. The number of nitrogens with one attached hydrogen (secondary N) is 2. The SMILES string of the molecule is Cl.Cn1ncc(Cl)c1-c1ccc(C(=O)N[C@@H]2CNCC[C@H]2c2cccc(F)c2)cc1. The molecule has 1 aliphatic rings. The molecule has 1 aromatic heterocycles. The van der Waals surface area contributed by atoms with Gasteiger partial charge in [0.1, 0.15) is 5.82 Å². The number of hydrogen-bond acceptors (Lipinski definition) is 3. The van der Waals surface area contributed by atoms with Crippen molar-refractivity contribution < 1.29 is 9.18 Å². The van der Waals surface area contributed by atoms with Gasteiger partial charge in [-0.15, -0.1) is 12.4 Å². The van der Waals surface area contributed by atoms with Crippen molar-refractivity contribution in [1.29, 1.82) is 0 Å². The Labute approximate surface area is 186 Å². The van der Waals surface area contributed by atoms with E-state index in [1.807, 2.05) is 25.2 Å². The normalized spacial score (nSPS) is 18.5. The van der Waals surface area contributed by atoms with Gasteiger partial charge in [-0.25, -0.2) is 4.39 Å². The van der Waals surface area contributed by atoms with Crippen LogP contribution in [0, 0.1) is 5.82 Å². The minimum absolute atomic E-state index is 0. The van der Waals surface area contributed by atoms with E-state index in [0.29, 0.717) is 17.1 Å². The van der Waals surface area contributed by atoms with Gasteiger partial charge < -0.3 is 10.6 Å². The van der Waals surface area contributed by atoms with Crippen LogP contribution in [0.2, 0.25) is 5.02 Å². The molecule has 1 aliphatic heterocycles. The van der Waals surface area contributed by atoms with Gasteiger partial charge in [0.05, 0.1) is 16.9 Å². The highest BCUT2D eigenvalue weighted by atomic mass is 35.5. The number of aromatic nitrogens is 2. The van der Waals surface area contributed by atoms with Crippen molar-refractivity contribution in [2.45, 2.75) is 18.4 Å². The summed E-state index contributed by atoms with van der Waals surface area (Å²) in [5, 5.41) is 11.1. The summed E-state index contributed by atoms with van der Waals surface area (Å²) < 4.78 is 15.4. The quantitative estimate of drug-likeness (QED) is 0.629. The number of amides is 1. The summed E-state index contributed by atoms with van der Waals surface area (Å²) in [6, 6.07) is 13.8. The Kier molecular flexibility index (Phi) is 7.13. The molecule has 158 valence electrons. The van der Waals surface area contributed by atoms with Crippen LogP contribution in [0.4, 0.5) is 4.39 Å². The first-order chi connectivity index (χ1) is 14.0. The van der Waals surface area contributed by atoms with Crippen molar-refractivity contribution in [3.05, 3.63) is 76.7 Å². The molecule has 0 saturated carbocycles. The molecule has 1 amide bonds. The van der Waals surface area contributed by atoms with Crippen LogP contribution in [0.25, 0.3) is 11.3 Å². The number of rotatable bonds is 4. The number of halogens is 3. The van der Waals surface area contributed by atoms with Crippen LogP contribution < -0.4 is 10.6 Å². The van der Waals surface area contributed by atoms with Gasteiger partial charge in [0.15, 0.2) is 0 Å². The lowest BCUT2D eigenvalue weighted by Crippen LogP contribution is -2.50. The zero-order chi connectivity index (χ0) is 20.4. The maximum atomic E-state index is 13.7. The molecule has 0 bridgehead atoms. The smallest absolute Gasteiger partial charge is 0.251 e.